The molecular formula is C96H64N4O. The van der Waals surface area contributed by atoms with Gasteiger partial charge < -0.3 is 23.4 Å². The van der Waals surface area contributed by atoms with Crippen LogP contribution in [0, 0.1) is 0 Å². The number of fused-ring (bicyclic) bond motifs is 9. The van der Waals surface area contributed by atoms with Crippen molar-refractivity contribution in [1.29, 1.82) is 0 Å². The summed E-state index contributed by atoms with van der Waals surface area (Å²) in [6.45, 7) is 0. The molecule has 0 amide bonds. The van der Waals surface area contributed by atoms with E-state index in [0.717, 1.165) is 139 Å². The maximum atomic E-state index is 9.69. The van der Waals surface area contributed by atoms with E-state index in [1.807, 2.05) is 91.0 Å². The van der Waals surface area contributed by atoms with Crippen LogP contribution in [-0.2, 0) is 0 Å². The first-order chi connectivity index (χ1) is 53.4. The molecule has 0 unspecified atom stereocenters. The number of benzene rings is 16. The van der Waals surface area contributed by atoms with Gasteiger partial charge in [-0.15, -0.1) is 0 Å². The van der Waals surface area contributed by atoms with Crippen molar-refractivity contribution in [2.45, 2.75) is 0 Å². The Hall–Kier alpha value is -13.5. The topological polar surface area (TPSA) is 29.5 Å². The first-order valence-corrected chi connectivity index (χ1v) is 33.9. The van der Waals surface area contributed by atoms with Crippen LogP contribution < -0.4 is 9.80 Å². The molecule has 0 aliphatic rings. The van der Waals surface area contributed by atoms with Crippen LogP contribution in [0.1, 0.15) is 11.0 Å². The van der Waals surface area contributed by atoms with Crippen molar-refractivity contribution in [1.82, 2.24) is 9.13 Å². The van der Waals surface area contributed by atoms with E-state index in [-0.39, 0.29) is 21.8 Å². The van der Waals surface area contributed by atoms with Crippen LogP contribution in [0.3, 0.4) is 0 Å². The minimum atomic E-state index is -0.515. The second kappa shape index (κ2) is 24.9. The van der Waals surface area contributed by atoms with Crippen LogP contribution in [0.15, 0.2) is 392 Å². The number of furan rings is 1. The number of aromatic nitrogens is 2. The Morgan fingerprint density at radius 1 is 0.228 bits per heavy atom. The molecule has 0 aliphatic heterocycles. The highest BCUT2D eigenvalue weighted by Gasteiger charge is 2.29. The molecule has 474 valence electrons. The van der Waals surface area contributed by atoms with E-state index in [0.29, 0.717) is 17.1 Å². The zero-order chi connectivity index (χ0) is 73.7. The molecule has 0 aliphatic carbocycles. The monoisotopic (exact) mass is 1300 g/mol. The minimum absolute atomic E-state index is 0.0122. The molecule has 0 bridgehead atoms. The molecule has 19 aromatic rings. The molecule has 0 N–H and O–H groups in total. The van der Waals surface area contributed by atoms with E-state index in [1.54, 1.807) is 4.57 Å². The lowest BCUT2D eigenvalue weighted by Gasteiger charge is -2.34. The van der Waals surface area contributed by atoms with Crippen LogP contribution in [0.4, 0.5) is 34.1 Å². The number of rotatable bonds is 14. The highest BCUT2D eigenvalue weighted by Crippen LogP contribution is 2.53. The van der Waals surface area contributed by atoms with Crippen LogP contribution in [-0.4, -0.2) is 9.13 Å². The van der Waals surface area contributed by atoms with E-state index in [1.165, 1.54) is 0 Å². The fourth-order valence-corrected chi connectivity index (χ4v) is 15.0. The van der Waals surface area contributed by atoms with Crippen LogP contribution in [0.5, 0.6) is 0 Å². The second-order valence-electron chi connectivity index (χ2n) is 25.4. The Morgan fingerprint density at radius 3 is 1.21 bits per heavy atom. The highest BCUT2D eigenvalue weighted by molar-refractivity contribution is 6.12. The average Bonchev–Trinajstić information content (AvgIpc) is 1.55. The van der Waals surface area contributed by atoms with Crippen molar-refractivity contribution in [2.24, 2.45) is 0 Å². The standard InChI is InChI=1S/C96H64N4O/c1-6-28-65(29-7-1)79-46-26-47-80(66-30-8-2-9-31-66)95(79)97(74-39-24-36-69(58-74)70-54-56-92-87(61-70)85-44-18-22-52-91(85)99(92)73-37-14-5-15-38-73)77-59-72(71-55-57-94-88(62-71)86-45-19-23-53-93(86)101-94)60-78(64-77)98(96-81(67-32-10-3-11-33-67)48-27-49-82(96)68-34-12-4-13-35-68)75-40-25-41-76(63-75)100-89-50-20-16-42-83(89)84-43-17-21-51-90(84)100/h1-64H/i16D,17D,20D,21D,42D,43D,50D,51D. The quantitative estimate of drug-likeness (QED) is 0.109. The molecule has 16 aromatic carbocycles. The number of hydrogen-bond donors (Lipinski definition) is 0. The third kappa shape index (κ3) is 10.3. The molecule has 0 saturated heterocycles. The molecule has 101 heavy (non-hydrogen) atoms. The molecule has 3 heterocycles. The van der Waals surface area contributed by atoms with Gasteiger partial charge in [0.1, 0.15) is 11.2 Å². The molecule has 19 rings (SSSR count). The summed E-state index contributed by atoms with van der Waals surface area (Å²) in [5, 5.41) is 4.17. The van der Waals surface area contributed by atoms with Crippen molar-refractivity contribution < 1.29 is 15.4 Å². The summed E-state index contributed by atoms with van der Waals surface area (Å²) >= 11 is 0. The molecule has 5 nitrogen and oxygen atoms in total. The van der Waals surface area contributed by atoms with Crippen molar-refractivity contribution >= 4 is 99.7 Å². The van der Waals surface area contributed by atoms with Crippen molar-refractivity contribution in [3.8, 4) is 78.1 Å². The van der Waals surface area contributed by atoms with Gasteiger partial charge in [-0.25, -0.2) is 0 Å². The van der Waals surface area contributed by atoms with Gasteiger partial charge in [0.2, 0.25) is 0 Å². The van der Waals surface area contributed by atoms with Crippen LogP contribution >= 0.6 is 0 Å². The van der Waals surface area contributed by atoms with E-state index < -0.39 is 48.3 Å². The number of nitrogens with zero attached hydrogens (tertiary/aromatic N) is 4. The molecule has 0 spiro atoms. The first kappa shape index (κ1) is 50.8. The fraction of sp³-hybridized carbons (Fsp3) is 0. The van der Waals surface area contributed by atoms with Gasteiger partial charge in [-0.2, -0.15) is 0 Å². The zero-order valence-electron chi connectivity index (χ0n) is 62.5. The summed E-state index contributed by atoms with van der Waals surface area (Å²) in [5.74, 6) is 0. The smallest absolute Gasteiger partial charge is 0.135 e. The van der Waals surface area contributed by atoms with Crippen LogP contribution in [0.25, 0.3) is 144 Å². The van der Waals surface area contributed by atoms with Gasteiger partial charge >= 0.3 is 0 Å². The van der Waals surface area contributed by atoms with Gasteiger partial charge in [0.15, 0.2) is 0 Å². The summed E-state index contributed by atoms with van der Waals surface area (Å²) < 4.78 is 85.0. The van der Waals surface area contributed by atoms with Crippen molar-refractivity contribution in [2.75, 3.05) is 9.80 Å². The fourth-order valence-electron chi connectivity index (χ4n) is 15.0. The lowest BCUT2D eigenvalue weighted by Crippen LogP contribution is -2.16. The Morgan fingerprint density at radius 2 is 0.624 bits per heavy atom. The van der Waals surface area contributed by atoms with E-state index >= 15 is 0 Å². The van der Waals surface area contributed by atoms with E-state index in [9.17, 15) is 5.48 Å². The Bertz CT molecular complexity index is 6650. The molecule has 0 saturated carbocycles. The van der Waals surface area contributed by atoms with Crippen molar-refractivity contribution in [3.63, 3.8) is 0 Å². The van der Waals surface area contributed by atoms with Crippen LogP contribution in [0.2, 0.25) is 0 Å². The predicted octanol–water partition coefficient (Wildman–Crippen LogP) is 26.7. The average molecular weight is 1300 g/mol. The Kier molecular flexibility index (Phi) is 12.5. The minimum Gasteiger partial charge on any atom is -0.456 e. The summed E-state index contributed by atoms with van der Waals surface area (Å²) in [5.41, 5.74) is 21.3. The summed E-state index contributed by atoms with van der Waals surface area (Å²) in [7, 11) is 0. The van der Waals surface area contributed by atoms with E-state index in [4.69, 9.17) is 9.90 Å². The number of hydrogen-bond acceptors (Lipinski definition) is 3. The third-order valence-electron chi connectivity index (χ3n) is 19.5. The van der Waals surface area contributed by atoms with E-state index in [2.05, 4.69) is 263 Å². The van der Waals surface area contributed by atoms with Gasteiger partial charge in [0.05, 0.1) is 44.4 Å². The second-order valence-corrected chi connectivity index (χ2v) is 25.4. The van der Waals surface area contributed by atoms with Crippen molar-refractivity contribution in [3.05, 3.63) is 388 Å². The molecule has 0 radical (unpaired) electrons. The van der Waals surface area contributed by atoms with Gasteiger partial charge in [-0.05, 0) is 154 Å². The molecular weight excluding hydrogens is 1230 g/mol. The maximum Gasteiger partial charge on any atom is 0.135 e. The van der Waals surface area contributed by atoms with Gasteiger partial charge in [0.25, 0.3) is 0 Å². The van der Waals surface area contributed by atoms with Gasteiger partial charge in [-0.1, -0.05) is 279 Å². The lowest BCUT2D eigenvalue weighted by molar-refractivity contribution is 0.669. The predicted molar refractivity (Wildman–Crippen MR) is 424 cm³/mol. The molecule has 0 atom stereocenters. The molecule has 0 fully saturated rings. The third-order valence-corrected chi connectivity index (χ3v) is 19.5. The zero-order valence-corrected chi connectivity index (χ0v) is 54.5. The SMILES string of the molecule is [2H]c1c([2H])c([2H])c2c(c1[2H])c1c([2H])c([2H])c([2H])c([2H])c1n2-c1cccc(N(c2cc(-c3ccc4oc5ccccc5c4c3)cc(N(c3cccc(-c4ccc5c(c4)c4ccccc4n5-c4ccccc4)c3)c3c(-c4ccccc4)cccc3-c3ccccc3)c2)c2c(-c3ccccc3)cccc2-c2ccccc2)c1. The highest BCUT2D eigenvalue weighted by atomic mass is 16.3. The van der Waals surface area contributed by atoms with Gasteiger partial charge in [-0.3, -0.25) is 0 Å². The number of anilines is 6. The summed E-state index contributed by atoms with van der Waals surface area (Å²) in [6, 6.07) is 115. The normalized spacial score (nSPS) is 12.7. The summed E-state index contributed by atoms with van der Waals surface area (Å²) in [4.78, 5) is 4.70. The Balaban J connectivity index is 0.944. The number of para-hydroxylation sites is 7. The maximum absolute atomic E-state index is 9.69. The lowest BCUT2D eigenvalue weighted by atomic mass is 9.92. The first-order valence-electron chi connectivity index (χ1n) is 37.9. The molecule has 5 heteroatoms. The Labute approximate surface area is 597 Å². The van der Waals surface area contributed by atoms with Gasteiger partial charge in [0, 0.05) is 88.7 Å². The molecule has 3 aromatic heterocycles. The largest absolute Gasteiger partial charge is 0.456 e. The summed E-state index contributed by atoms with van der Waals surface area (Å²) in [6.07, 6.45) is 0.